The lowest BCUT2D eigenvalue weighted by molar-refractivity contribution is -0.132. The van der Waals surface area contributed by atoms with Crippen LogP contribution in [0.5, 0.6) is 0 Å². The molecule has 0 aliphatic carbocycles. The molecule has 10 heteroatoms. The summed E-state index contributed by atoms with van der Waals surface area (Å²) in [5.41, 5.74) is 1.19. The second kappa shape index (κ2) is 9.09. The number of anilines is 1. The van der Waals surface area contributed by atoms with Crippen molar-refractivity contribution in [2.75, 3.05) is 12.0 Å². The number of amides is 1. The van der Waals surface area contributed by atoms with Crippen molar-refractivity contribution in [2.45, 2.75) is 13.0 Å². The molecular weight excluding hydrogens is 532 g/mol. The molecule has 1 aromatic heterocycles. The van der Waals surface area contributed by atoms with Gasteiger partial charge in [-0.2, -0.15) is 0 Å². The number of aryl methyl sites for hydroxylation is 1. The number of carbonyl (C=O) groups is 3. The van der Waals surface area contributed by atoms with E-state index < -0.39 is 23.7 Å². The summed E-state index contributed by atoms with van der Waals surface area (Å²) in [7, 11) is 1.25. The molecule has 1 aliphatic rings. The molecule has 3 aromatic rings. The molecule has 1 atom stereocenters. The summed E-state index contributed by atoms with van der Waals surface area (Å²) >= 11 is 10.3. The quantitative estimate of drug-likeness (QED) is 0.207. The molecule has 0 radical (unpaired) electrons. The van der Waals surface area contributed by atoms with E-state index >= 15 is 0 Å². The average molecular weight is 548 g/mol. The van der Waals surface area contributed by atoms with E-state index in [-0.39, 0.29) is 21.3 Å². The van der Waals surface area contributed by atoms with Crippen molar-refractivity contribution in [1.29, 1.82) is 0 Å². The van der Waals surface area contributed by atoms with Crippen LogP contribution < -0.4 is 4.90 Å². The third-order valence-electron chi connectivity index (χ3n) is 5.09. The zero-order valence-corrected chi connectivity index (χ0v) is 20.5. The van der Waals surface area contributed by atoms with Gasteiger partial charge in [-0.15, -0.1) is 0 Å². The zero-order chi connectivity index (χ0) is 23.9. The summed E-state index contributed by atoms with van der Waals surface area (Å²) in [6, 6.07) is 12.4. The summed E-state index contributed by atoms with van der Waals surface area (Å²) in [6.07, 6.45) is 0. The number of ketones is 1. The molecule has 33 heavy (non-hydrogen) atoms. The molecule has 2 heterocycles. The smallest absolute Gasteiger partial charge is 0.350 e. The van der Waals surface area contributed by atoms with Gasteiger partial charge in [0.05, 0.1) is 24.4 Å². The van der Waals surface area contributed by atoms with Gasteiger partial charge in [0.2, 0.25) is 0 Å². The topological polar surface area (TPSA) is 96.8 Å². The Balaban J connectivity index is 1.94. The first-order chi connectivity index (χ1) is 15.7. The Labute approximate surface area is 206 Å². The average Bonchev–Trinajstić information content (AvgIpc) is 3.30. The molecule has 7 nitrogen and oxygen atoms in total. The molecule has 0 unspecified atom stereocenters. The normalized spacial score (nSPS) is 17.5. The highest BCUT2D eigenvalue weighted by Gasteiger charge is 2.48. The molecule has 2 aromatic carbocycles. The largest absolute Gasteiger partial charge is 0.507 e. The van der Waals surface area contributed by atoms with Gasteiger partial charge in [0.15, 0.2) is 5.13 Å². The van der Waals surface area contributed by atoms with E-state index in [2.05, 4.69) is 20.9 Å². The number of nitrogens with zero attached hydrogens (tertiary/aromatic N) is 2. The minimum Gasteiger partial charge on any atom is -0.507 e. The molecule has 1 fully saturated rings. The van der Waals surface area contributed by atoms with Gasteiger partial charge in [-0.25, -0.2) is 9.78 Å². The van der Waals surface area contributed by atoms with Crippen LogP contribution in [0.4, 0.5) is 5.13 Å². The summed E-state index contributed by atoms with van der Waals surface area (Å²) in [5.74, 6) is -2.65. The van der Waals surface area contributed by atoms with E-state index in [1.807, 2.05) is 0 Å². The number of carbonyl (C=O) groups excluding carboxylic acids is 3. The number of aromatic nitrogens is 1. The van der Waals surface area contributed by atoms with Crippen molar-refractivity contribution < 1.29 is 24.2 Å². The van der Waals surface area contributed by atoms with Crippen LogP contribution in [-0.2, 0) is 14.3 Å². The van der Waals surface area contributed by atoms with Crippen LogP contribution >= 0.6 is 38.9 Å². The van der Waals surface area contributed by atoms with Gasteiger partial charge < -0.3 is 9.84 Å². The van der Waals surface area contributed by atoms with Crippen molar-refractivity contribution in [3.8, 4) is 0 Å². The van der Waals surface area contributed by atoms with Crippen LogP contribution in [0.3, 0.4) is 0 Å². The molecule has 1 aliphatic heterocycles. The van der Waals surface area contributed by atoms with Crippen molar-refractivity contribution in [2.24, 2.45) is 0 Å². The number of hydrogen-bond donors (Lipinski definition) is 1. The maximum Gasteiger partial charge on any atom is 0.350 e. The third-order valence-corrected chi connectivity index (χ3v) is 6.97. The van der Waals surface area contributed by atoms with Crippen LogP contribution in [0, 0.1) is 6.92 Å². The van der Waals surface area contributed by atoms with Gasteiger partial charge in [0.25, 0.3) is 5.78 Å². The highest BCUT2D eigenvalue weighted by molar-refractivity contribution is 9.10. The lowest BCUT2D eigenvalue weighted by Crippen LogP contribution is -2.29. The summed E-state index contributed by atoms with van der Waals surface area (Å²) in [6.45, 7) is 1.62. The van der Waals surface area contributed by atoms with Gasteiger partial charge in [0.1, 0.15) is 10.6 Å². The SMILES string of the molecule is COC(=O)c1sc(N2C(=O)C(=O)C(=C(O)c3ccc(Cl)cc3)[C@@H]2c2cccc(Br)c2)nc1C. The fourth-order valence-corrected chi connectivity index (χ4v) is 5.11. The van der Waals surface area contributed by atoms with Gasteiger partial charge >= 0.3 is 11.9 Å². The highest BCUT2D eigenvalue weighted by Crippen LogP contribution is 2.44. The number of benzene rings is 2. The second-order valence-electron chi connectivity index (χ2n) is 7.13. The highest BCUT2D eigenvalue weighted by atomic mass is 79.9. The molecule has 0 spiro atoms. The lowest BCUT2D eigenvalue weighted by atomic mass is 9.95. The van der Waals surface area contributed by atoms with E-state index in [4.69, 9.17) is 16.3 Å². The van der Waals surface area contributed by atoms with E-state index in [1.165, 1.54) is 12.0 Å². The van der Waals surface area contributed by atoms with Gasteiger partial charge in [0, 0.05) is 15.1 Å². The van der Waals surface area contributed by atoms with Gasteiger partial charge in [-0.3, -0.25) is 14.5 Å². The summed E-state index contributed by atoms with van der Waals surface area (Å²) < 4.78 is 5.51. The van der Waals surface area contributed by atoms with E-state index in [1.54, 1.807) is 55.5 Å². The lowest BCUT2D eigenvalue weighted by Gasteiger charge is -2.23. The minimum absolute atomic E-state index is 0.0899. The fourth-order valence-electron chi connectivity index (χ4n) is 3.55. The maximum absolute atomic E-state index is 13.2. The Morgan fingerprint density at radius 2 is 1.91 bits per heavy atom. The second-order valence-corrected chi connectivity index (χ2v) is 9.46. The number of aliphatic hydroxyl groups excluding tert-OH is 1. The van der Waals surface area contributed by atoms with Crippen molar-refractivity contribution in [1.82, 2.24) is 4.98 Å². The van der Waals surface area contributed by atoms with E-state index in [0.717, 1.165) is 15.8 Å². The van der Waals surface area contributed by atoms with Crippen molar-refractivity contribution >= 4 is 67.4 Å². The monoisotopic (exact) mass is 546 g/mol. The number of rotatable bonds is 4. The number of Topliss-reactive ketones (excluding diaryl/α,β-unsaturated/α-hetero) is 1. The molecule has 1 amide bonds. The van der Waals surface area contributed by atoms with Crippen LogP contribution in [0.15, 0.2) is 58.6 Å². The first-order valence-electron chi connectivity index (χ1n) is 9.61. The van der Waals surface area contributed by atoms with Gasteiger partial charge in [-0.1, -0.05) is 51.0 Å². The van der Waals surface area contributed by atoms with Crippen molar-refractivity contribution in [3.63, 3.8) is 0 Å². The first kappa shape index (κ1) is 23.2. The molecular formula is C23H16BrClN2O5S. The molecule has 0 saturated carbocycles. The van der Waals surface area contributed by atoms with Crippen molar-refractivity contribution in [3.05, 3.63) is 85.3 Å². The minimum atomic E-state index is -0.964. The Bertz CT molecular complexity index is 1320. The number of hydrogen-bond acceptors (Lipinski definition) is 7. The van der Waals surface area contributed by atoms with Crippen LogP contribution in [0.2, 0.25) is 5.02 Å². The first-order valence-corrected chi connectivity index (χ1v) is 11.6. The molecule has 4 rings (SSSR count). The Hall–Kier alpha value is -3.01. The third kappa shape index (κ3) is 4.19. The molecule has 1 N–H and O–H groups in total. The van der Waals surface area contributed by atoms with E-state index in [0.29, 0.717) is 21.8 Å². The Morgan fingerprint density at radius 3 is 2.55 bits per heavy atom. The number of methoxy groups -OCH3 is 1. The predicted octanol–water partition coefficient (Wildman–Crippen LogP) is 5.28. The Morgan fingerprint density at radius 1 is 1.21 bits per heavy atom. The number of halogens is 2. The standard InChI is InChI=1S/C23H16BrClN2O5S/c1-11-20(22(31)32-2)33-23(26-11)27-17(13-4-3-5-14(24)10-13)16(19(29)21(27)30)18(28)12-6-8-15(25)9-7-12/h3-10,17,28H,1-2H3/t17-/m0/s1. The zero-order valence-electron chi connectivity index (χ0n) is 17.3. The maximum atomic E-state index is 13.2. The number of esters is 1. The van der Waals surface area contributed by atoms with Crippen LogP contribution in [0.25, 0.3) is 5.76 Å². The molecule has 168 valence electrons. The van der Waals surface area contributed by atoms with Gasteiger partial charge in [-0.05, 0) is 48.9 Å². The predicted molar refractivity (Wildman–Crippen MR) is 129 cm³/mol. The fraction of sp³-hybridized carbons (Fsp3) is 0.130. The molecule has 1 saturated heterocycles. The summed E-state index contributed by atoms with van der Waals surface area (Å²) in [5, 5.41) is 11.7. The number of ether oxygens (including phenoxy) is 1. The van der Waals surface area contributed by atoms with Crippen LogP contribution in [-0.4, -0.2) is 34.9 Å². The number of thiazole rings is 1. The molecule has 0 bridgehead atoms. The summed E-state index contributed by atoms with van der Waals surface area (Å²) in [4.78, 5) is 44.2. The Kier molecular flexibility index (Phi) is 6.38. The van der Waals surface area contributed by atoms with E-state index in [9.17, 15) is 19.5 Å². The van der Waals surface area contributed by atoms with Crippen LogP contribution in [0.1, 0.15) is 32.5 Å². The number of aliphatic hydroxyl groups is 1.